The number of H-pyrrole nitrogens is 1. The molecule has 31 heavy (non-hydrogen) atoms. The molecule has 0 spiro atoms. The van der Waals surface area contributed by atoms with Crippen LogP contribution in [0, 0.1) is 5.82 Å². The topological polar surface area (TPSA) is 130 Å². The number of benzene rings is 1. The Kier molecular flexibility index (Phi) is 6.50. The molecule has 10 heteroatoms. The number of ketones is 1. The number of nitrogens with two attached hydrogens (primary N) is 1. The third-order valence-electron chi connectivity index (χ3n) is 4.51. The molecule has 0 fully saturated rings. The van der Waals surface area contributed by atoms with Gasteiger partial charge in [0.05, 0.1) is 11.3 Å². The van der Waals surface area contributed by atoms with Gasteiger partial charge in [0.1, 0.15) is 11.5 Å². The molecule has 0 aliphatic carbocycles. The smallest absolute Gasteiger partial charge is 0.232 e. The van der Waals surface area contributed by atoms with E-state index in [1.807, 2.05) is 0 Å². The minimum atomic E-state index is -3.58. The van der Waals surface area contributed by atoms with Crippen molar-refractivity contribution in [1.82, 2.24) is 9.97 Å². The van der Waals surface area contributed by atoms with Crippen LogP contribution >= 0.6 is 0 Å². The van der Waals surface area contributed by atoms with Gasteiger partial charge >= 0.3 is 0 Å². The van der Waals surface area contributed by atoms with E-state index in [4.69, 9.17) is 5.73 Å². The Morgan fingerprint density at radius 1 is 1.32 bits per heavy atom. The van der Waals surface area contributed by atoms with Gasteiger partial charge in [0.2, 0.25) is 10.0 Å². The number of aromatic nitrogens is 2. The van der Waals surface area contributed by atoms with E-state index < -0.39 is 21.6 Å². The van der Waals surface area contributed by atoms with Gasteiger partial charge in [-0.3, -0.25) is 14.5 Å². The number of hydrogen-bond donors (Lipinski definition) is 3. The Bertz CT molecular complexity index is 1300. The second-order valence-electron chi connectivity index (χ2n) is 6.78. The standard InChI is InChI=1S/C21H22FN5O3S/c1-3-6-31(29,30)27-15-4-5-19(22)17(8-15)20(28)18-12-26-21-16(18)7-13(11-25-21)14(9-23)10-24-2/h4-5,7-12,27H,3,6,23H2,1-2H3,(H,25,26). The molecular formula is C21H22FN5O3S. The first-order valence-electron chi connectivity index (χ1n) is 9.46. The van der Waals surface area contributed by atoms with E-state index in [0.717, 1.165) is 6.07 Å². The van der Waals surface area contributed by atoms with Crippen molar-refractivity contribution in [1.29, 1.82) is 0 Å². The SMILES string of the molecule is CCCS(=O)(=O)Nc1ccc(F)c(C(=O)c2c[nH]c3ncc(C(C=NC)=CN)cc23)c1. The van der Waals surface area contributed by atoms with Crippen LogP contribution in [0.3, 0.4) is 0 Å². The second-order valence-corrected chi connectivity index (χ2v) is 8.62. The van der Waals surface area contributed by atoms with Crippen LogP contribution in [-0.2, 0) is 10.0 Å². The fraction of sp³-hybridized carbons (Fsp3) is 0.190. The Morgan fingerprint density at radius 3 is 2.77 bits per heavy atom. The van der Waals surface area contributed by atoms with E-state index >= 15 is 0 Å². The summed E-state index contributed by atoms with van der Waals surface area (Å²) in [6, 6.07) is 5.23. The maximum Gasteiger partial charge on any atom is 0.232 e. The Morgan fingerprint density at radius 2 is 2.10 bits per heavy atom. The lowest BCUT2D eigenvalue weighted by Gasteiger charge is -2.09. The number of nitrogens with zero attached hydrogens (tertiary/aromatic N) is 2. The maximum atomic E-state index is 14.5. The van der Waals surface area contributed by atoms with Crippen LogP contribution in [0.25, 0.3) is 16.6 Å². The average molecular weight is 444 g/mol. The lowest BCUT2D eigenvalue weighted by atomic mass is 10.0. The molecule has 8 nitrogen and oxygen atoms in total. The normalized spacial score (nSPS) is 12.5. The number of allylic oxidation sites excluding steroid dienone is 1. The lowest BCUT2D eigenvalue weighted by Crippen LogP contribution is -2.16. The zero-order valence-electron chi connectivity index (χ0n) is 17.0. The van der Waals surface area contributed by atoms with Gasteiger partial charge in [-0.05, 0) is 30.7 Å². The molecule has 4 N–H and O–H groups in total. The molecule has 1 aromatic carbocycles. The molecule has 0 atom stereocenters. The quantitative estimate of drug-likeness (QED) is 0.364. The second kappa shape index (κ2) is 9.09. The number of carbonyl (C=O) groups is 1. The summed E-state index contributed by atoms with van der Waals surface area (Å²) in [5.74, 6) is -1.45. The van der Waals surface area contributed by atoms with Gasteiger partial charge < -0.3 is 10.7 Å². The van der Waals surface area contributed by atoms with Gasteiger partial charge in [-0.25, -0.2) is 17.8 Å². The number of halogens is 1. The van der Waals surface area contributed by atoms with Gasteiger partial charge in [0.15, 0.2) is 5.78 Å². The number of aliphatic imine (C=N–C) groups is 1. The maximum absolute atomic E-state index is 14.5. The molecular weight excluding hydrogens is 421 g/mol. The number of aromatic amines is 1. The molecule has 0 bridgehead atoms. The lowest BCUT2D eigenvalue weighted by molar-refractivity contribution is 0.103. The summed E-state index contributed by atoms with van der Waals surface area (Å²) >= 11 is 0. The Balaban J connectivity index is 2.04. The van der Waals surface area contributed by atoms with Crippen LogP contribution in [0.5, 0.6) is 0 Å². The first-order valence-corrected chi connectivity index (χ1v) is 11.1. The number of hydrogen-bond acceptors (Lipinski definition) is 6. The zero-order valence-corrected chi connectivity index (χ0v) is 17.8. The van der Waals surface area contributed by atoms with Crippen LogP contribution in [0.1, 0.15) is 34.8 Å². The van der Waals surface area contributed by atoms with E-state index in [1.54, 1.807) is 32.4 Å². The van der Waals surface area contributed by atoms with E-state index in [-0.39, 0.29) is 22.6 Å². The average Bonchev–Trinajstić information content (AvgIpc) is 3.15. The highest BCUT2D eigenvalue weighted by molar-refractivity contribution is 7.92. The van der Waals surface area contributed by atoms with E-state index in [9.17, 15) is 17.6 Å². The fourth-order valence-corrected chi connectivity index (χ4v) is 4.23. The van der Waals surface area contributed by atoms with E-state index in [1.165, 1.54) is 24.5 Å². The molecule has 162 valence electrons. The van der Waals surface area contributed by atoms with Crippen molar-refractivity contribution >= 4 is 44.3 Å². The summed E-state index contributed by atoms with van der Waals surface area (Å²) in [7, 11) is -1.98. The summed E-state index contributed by atoms with van der Waals surface area (Å²) in [6.07, 6.45) is 6.38. The van der Waals surface area contributed by atoms with Gasteiger partial charge in [-0.15, -0.1) is 0 Å². The minimum absolute atomic E-state index is 0.0807. The predicted molar refractivity (Wildman–Crippen MR) is 120 cm³/mol. The zero-order chi connectivity index (χ0) is 22.6. The third-order valence-corrected chi connectivity index (χ3v) is 6.01. The Labute approximate surface area is 179 Å². The summed E-state index contributed by atoms with van der Waals surface area (Å²) in [5, 5.41) is 0.475. The summed E-state index contributed by atoms with van der Waals surface area (Å²) in [5.41, 5.74) is 7.38. The van der Waals surface area contributed by atoms with Crippen LogP contribution in [0.2, 0.25) is 0 Å². The summed E-state index contributed by atoms with van der Waals surface area (Å²) in [4.78, 5) is 24.3. The van der Waals surface area contributed by atoms with Crippen molar-refractivity contribution in [3.8, 4) is 0 Å². The minimum Gasteiger partial charge on any atom is -0.404 e. The van der Waals surface area contributed by atoms with Crippen molar-refractivity contribution in [3.05, 3.63) is 65.4 Å². The first kappa shape index (κ1) is 22.2. The monoisotopic (exact) mass is 443 g/mol. The molecule has 0 saturated heterocycles. The molecule has 3 aromatic rings. The summed E-state index contributed by atoms with van der Waals surface area (Å²) < 4.78 is 40.9. The first-order chi connectivity index (χ1) is 14.8. The number of nitrogens with one attached hydrogen (secondary N) is 2. The molecule has 0 saturated carbocycles. The number of pyridine rings is 1. The van der Waals surface area contributed by atoms with Crippen LogP contribution in [-0.4, -0.2) is 43.2 Å². The van der Waals surface area contributed by atoms with Crippen molar-refractivity contribution in [2.45, 2.75) is 13.3 Å². The Hall–Kier alpha value is -3.53. The van der Waals surface area contributed by atoms with Crippen molar-refractivity contribution in [2.24, 2.45) is 10.7 Å². The van der Waals surface area contributed by atoms with Crippen LogP contribution in [0.15, 0.2) is 47.9 Å². The highest BCUT2D eigenvalue weighted by atomic mass is 32.2. The number of sulfonamides is 1. The van der Waals surface area contributed by atoms with Gasteiger partial charge in [0.25, 0.3) is 0 Å². The van der Waals surface area contributed by atoms with Crippen molar-refractivity contribution < 1.29 is 17.6 Å². The van der Waals surface area contributed by atoms with Crippen LogP contribution in [0.4, 0.5) is 10.1 Å². The largest absolute Gasteiger partial charge is 0.404 e. The fourth-order valence-electron chi connectivity index (χ4n) is 3.11. The molecule has 3 rings (SSSR count). The highest BCUT2D eigenvalue weighted by Crippen LogP contribution is 2.26. The molecule has 0 radical (unpaired) electrons. The number of carbonyl (C=O) groups excluding carboxylic acids is 1. The van der Waals surface area contributed by atoms with E-state index in [2.05, 4.69) is 19.7 Å². The van der Waals surface area contributed by atoms with Crippen molar-refractivity contribution in [2.75, 3.05) is 17.5 Å². The number of rotatable bonds is 8. The molecule has 0 aliphatic rings. The number of anilines is 1. The van der Waals surface area contributed by atoms with Crippen LogP contribution < -0.4 is 10.5 Å². The molecule has 0 amide bonds. The highest BCUT2D eigenvalue weighted by Gasteiger charge is 2.20. The molecule has 0 aliphatic heterocycles. The molecule has 2 aromatic heterocycles. The third kappa shape index (κ3) is 4.80. The molecule has 0 unspecified atom stereocenters. The summed E-state index contributed by atoms with van der Waals surface area (Å²) in [6.45, 7) is 1.73. The molecule has 2 heterocycles. The van der Waals surface area contributed by atoms with Gasteiger partial charge in [0, 0.05) is 59.6 Å². The van der Waals surface area contributed by atoms with Crippen molar-refractivity contribution in [3.63, 3.8) is 0 Å². The van der Waals surface area contributed by atoms with E-state index in [0.29, 0.717) is 28.6 Å². The van der Waals surface area contributed by atoms with Gasteiger partial charge in [-0.1, -0.05) is 6.92 Å². The van der Waals surface area contributed by atoms with Gasteiger partial charge in [-0.2, -0.15) is 0 Å². The predicted octanol–water partition coefficient (Wildman–Crippen LogP) is 3.08. The number of fused-ring (bicyclic) bond motifs is 1.